The lowest BCUT2D eigenvalue weighted by atomic mass is 10.1. The van der Waals surface area contributed by atoms with Gasteiger partial charge >= 0.3 is 0 Å². The third kappa shape index (κ3) is 4.11. The molecule has 17 heavy (non-hydrogen) atoms. The Kier molecular flexibility index (Phi) is 6.20. The highest BCUT2D eigenvalue weighted by molar-refractivity contribution is 9.09. The van der Waals surface area contributed by atoms with Crippen molar-refractivity contribution >= 4 is 15.9 Å². The van der Waals surface area contributed by atoms with Gasteiger partial charge in [0.1, 0.15) is 0 Å². The van der Waals surface area contributed by atoms with E-state index in [-0.39, 0.29) is 0 Å². The first-order chi connectivity index (χ1) is 8.12. The minimum atomic E-state index is 0.514. The van der Waals surface area contributed by atoms with Crippen molar-refractivity contribution in [3.8, 4) is 0 Å². The SMILES string of the molecule is CCc1cc(CNC(CBr)C(C)C)n(CC)n1. The lowest BCUT2D eigenvalue weighted by Crippen LogP contribution is -2.35. The van der Waals surface area contributed by atoms with E-state index in [9.17, 15) is 0 Å². The molecule has 1 heterocycles. The predicted octanol–water partition coefficient (Wildman–Crippen LogP) is 2.97. The van der Waals surface area contributed by atoms with Crippen molar-refractivity contribution in [1.82, 2.24) is 15.1 Å². The molecule has 1 atom stereocenters. The van der Waals surface area contributed by atoms with E-state index in [2.05, 4.69) is 64.8 Å². The summed E-state index contributed by atoms with van der Waals surface area (Å²) in [6.45, 7) is 10.6. The van der Waals surface area contributed by atoms with Gasteiger partial charge in [-0.25, -0.2) is 0 Å². The second kappa shape index (κ2) is 7.17. The highest BCUT2D eigenvalue weighted by Gasteiger charge is 2.12. The average molecular weight is 302 g/mol. The van der Waals surface area contributed by atoms with Gasteiger partial charge < -0.3 is 5.32 Å². The van der Waals surface area contributed by atoms with E-state index < -0.39 is 0 Å². The molecule has 0 saturated carbocycles. The molecule has 0 radical (unpaired) electrons. The van der Waals surface area contributed by atoms with Crippen LogP contribution in [-0.4, -0.2) is 21.2 Å². The smallest absolute Gasteiger partial charge is 0.0625 e. The van der Waals surface area contributed by atoms with Crippen LogP contribution < -0.4 is 5.32 Å². The van der Waals surface area contributed by atoms with Gasteiger partial charge in [-0.05, 0) is 25.3 Å². The Hall–Kier alpha value is -0.350. The standard InChI is InChI=1S/C13H24BrN3/c1-5-11-7-12(17(6-2)16-11)9-15-13(8-14)10(3)4/h7,10,13,15H,5-6,8-9H2,1-4H3. The lowest BCUT2D eigenvalue weighted by molar-refractivity contribution is 0.424. The lowest BCUT2D eigenvalue weighted by Gasteiger charge is -2.20. The summed E-state index contributed by atoms with van der Waals surface area (Å²) in [7, 11) is 0. The zero-order chi connectivity index (χ0) is 12.8. The van der Waals surface area contributed by atoms with Crippen molar-refractivity contribution in [3.63, 3.8) is 0 Å². The summed E-state index contributed by atoms with van der Waals surface area (Å²) in [5.41, 5.74) is 2.47. The second-order valence-electron chi connectivity index (χ2n) is 4.68. The molecule has 0 saturated heterocycles. The molecule has 4 heteroatoms. The number of rotatable bonds is 7. The average Bonchev–Trinajstić information content (AvgIpc) is 2.72. The van der Waals surface area contributed by atoms with E-state index in [0.29, 0.717) is 12.0 Å². The Balaban J connectivity index is 2.64. The fourth-order valence-electron chi connectivity index (χ4n) is 1.81. The topological polar surface area (TPSA) is 29.9 Å². The molecule has 3 nitrogen and oxygen atoms in total. The molecule has 0 bridgehead atoms. The Morgan fingerprint density at radius 1 is 1.41 bits per heavy atom. The van der Waals surface area contributed by atoms with Crippen LogP contribution in [0.4, 0.5) is 0 Å². The molecular weight excluding hydrogens is 278 g/mol. The fraction of sp³-hybridized carbons (Fsp3) is 0.769. The van der Waals surface area contributed by atoms with Crippen LogP contribution in [-0.2, 0) is 19.5 Å². The molecule has 1 aromatic heterocycles. The quantitative estimate of drug-likeness (QED) is 0.785. The summed E-state index contributed by atoms with van der Waals surface area (Å²) in [5, 5.41) is 9.14. The van der Waals surface area contributed by atoms with Crippen LogP contribution in [0.2, 0.25) is 0 Å². The van der Waals surface area contributed by atoms with E-state index in [0.717, 1.165) is 24.8 Å². The molecule has 1 N–H and O–H groups in total. The van der Waals surface area contributed by atoms with Crippen molar-refractivity contribution in [2.45, 2.75) is 53.2 Å². The number of aromatic nitrogens is 2. The molecule has 0 aliphatic rings. The molecule has 98 valence electrons. The Bertz CT molecular complexity index is 333. The number of alkyl halides is 1. The van der Waals surface area contributed by atoms with Crippen molar-refractivity contribution in [3.05, 3.63) is 17.5 Å². The van der Waals surface area contributed by atoms with E-state index in [1.807, 2.05) is 0 Å². The molecule has 1 unspecified atom stereocenters. The summed E-state index contributed by atoms with van der Waals surface area (Å²) < 4.78 is 2.09. The highest BCUT2D eigenvalue weighted by Crippen LogP contribution is 2.09. The van der Waals surface area contributed by atoms with Gasteiger partial charge in [-0.3, -0.25) is 4.68 Å². The van der Waals surface area contributed by atoms with Crippen LogP contribution in [0.15, 0.2) is 6.07 Å². The van der Waals surface area contributed by atoms with Crippen molar-refractivity contribution in [1.29, 1.82) is 0 Å². The number of halogens is 1. The maximum atomic E-state index is 4.56. The van der Waals surface area contributed by atoms with Gasteiger partial charge in [0.05, 0.1) is 11.4 Å². The maximum Gasteiger partial charge on any atom is 0.0625 e. The summed E-state index contributed by atoms with van der Waals surface area (Å²) >= 11 is 3.56. The summed E-state index contributed by atoms with van der Waals surface area (Å²) in [6.07, 6.45) is 1.01. The summed E-state index contributed by atoms with van der Waals surface area (Å²) in [5.74, 6) is 0.637. The molecular formula is C13H24BrN3. The van der Waals surface area contributed by atoms with E-state index >= 15 is 0 Å². The number of aryl methyl sites for hydroxylation is 2. The summed E-state index contributed by atoms with van der Waals surface area (Å²) in [6, 6.07) is 2.72. The fourth-order valence-corrected chi connectivity index (χ4v) is 2.78. The molecule has 0 aromatic carbocycles. The minimum Gasteiger partial charge on any atom is -0.307 e. The molecule has 1 rings (SSSR count). The van der Waals surface area contributed by atoms with Crippen LogP contribution in [0.3, 0.4) is 0 Å². The van der Waals surface area contributed by atoms with Crippen LogP contribution in [0, 0.1) is 5.92 Å². The van der Waals surface area contributed by atoms with Gasteiger partial charge in [0.2, 0.25) is 0 Å². The predicted molar refractivity (Wildman–Crippen MR) is 76.5 cm³/mol. The number of nitrogens with one attached hydrogen (secondary N) is 1. The van der Waals surface area contributed by atoms with Gasteiger partial charge in [-0.1, -0.05) is 36.7 Å². The Morgan fingerprint density at radius 3 is 2.59 bits per heavy atom. The zero-order valence-corrected chi connectivity index (χ0v) is 12.9. The maximum absolute atomic E-state index is 4.56. The molecule has 1 aromatic rings. The zero-order valence-electron chi connectivity index (χ0n) is 11.3. The largest absolute Gasteiger partial charge is 0.307 e. The van der Waals surface area contributed by atoms with Crippen molar-refractivity contribution < 1.29 is 0 Å². The van der Waals surface area contributed by atoms with Gasteiger partial charge in [-0.2, -0.15) is 5.10 Å². The normalized spacial score (nSPS) is 13.3. The van der Waals surface area contributed by atoms with E-state index in [1.54, 1.807) is 0 Å². The molecule has 0 spiro atoms. The molecule has 0 aliphatic heterocycles. The third-order valence-electron chi connectivity index (χ3n) is 3.09. The molecule has 0 fully saturated rings. The van der Waals surface area contributed by atoms with Crippen LogP contribution in [0.1, 0.15) is 39.1 Å². The highest BCUT2D eigenvalue weighted by atomic mass is 79.9. The Labute approximate surface area is 113 Å². The van der Waals surface area contributed by atoms with Crippen molar-refractivity contribution in [2.75, 3.05) is 5.33 Å². The Morgan fingerprint density at radius 2 is 2.12 bits per heavy atom. The molecule has 0 aliphatic carbocycles. The number of hydrogen-bond acceptors (Lipinski definition) is 2. The first kappa shape index (κ1) is 14.7. The van der Waals surface area contributed by atoms with Gasteiger partial charge in [-0.15, -0.1) is 0 Å². The first-order valence-electron chi connectivity index (χ1n) is 6.47. The van der Waals surface area contributed by atoms with Crippen LogP contribution >= 0.6 is 15.9 Å². The first-order valence-corrected chi connectivity index (χ1v) is 7.59. The van der Waals surface area contributed by atoms with Gasteiger partial charge in [0, 0.05) is 24.5 Å². The van der Waals surface area contributed by atoms with E-state index in [1.165, 1.54) is 11.4 Å². The van der Waals surface area contributed by atoms with Crippen LogP contribution in [0.5, 0.6) is 0 Å². The monoisotopic (exact) mass is 301 g/mol. The van der Waals surface area contributed by atoms with E-state index in [4.69, 9.17) is 0 Å². The third-order valence-corrected chi connectivity index (χ3v) is 3.79. The summed E-state index contributed by atoms with van der Waals surface area (Å²) in [4.78, 5) is 0. The van der Waals surface area contributed by atoms with Gasteiger partial charge in [0.15, 0.2) is 0 Å². The number of nitrogens with zero attached hydrogens (tertiary/aromatic N) is 2. The minimum absolute atomic E-state index is 0.514. The number of hydrogen-bond donors (Lipinski definition) is 1. The molecule has 0 amide bonds. The second-order valence-corrected chi connectivity index (χ2v) is 5.33. The van der Waals surface area contributed by atoms with Crippen molar-refractivity contribution in [2.24, 2.45) is 5.92 Å². The van der Waals surface area contributed by atoms with Crippen LogP contribution in [0.25, 0.3) is 0 Å². The van der Waals surface area contributed by atoms with Gasteiger partial charge in [0.25, 0.3) is 0 Å².